The van der Waals surface area contributed by atoms with Crippen LogP contribution in [0.4, 0.5) is 0 Å². The Morgan fingerprint density at radius 3 is 2.86 bits per heavy atom. The monoisotopic (exact) mass is 397 g/mol. The quantitative estimate of drug-likeness (QED) is 0.443. The molecule has 0 amide bonds. The summed E-state index contributed by atoms with van der Waals surface area (Å²) in [5.74, 6) is 1.87. The number of unbranched alkanes of at least 4 members (excludes halogenated alkanes) is 2. The first-order valence-electron chi connectivity index (χ1n) is 10.6. The maximum Gasteiger partial charge on any atom is 0.132 e. The predicted molar refractivity (Wildman–Crippen MR) is 116 cm³/mol. The zero-order chi connectivity index (χ0) is 19.9. The molecule has 2 atom stereocenters. The Labute approximate surface area is 172 Å². The summed E-state index contributed by atoms with van der Waals surface area (Å²) in [4.78, 5) is 5.32. The van der Waals surface area contributed by atoms with Gasteiger partial charge in [-0.25, -0.2) is 0 Å². The second kappa shape index (κ2) is 7.55. The lowest BCUT2D eigenvalue weighted by Crippen LogP contribution is -2.45. The van der Waals surface area contributed by atoms with E-state index in [0.29, 0.717) is 11.7 Å². The van der Waals surface area contributed by atoms with E-state index in [1.54, 1.807) is 11.3 Å². The first kappa shape index (κ1) is 19.5. The van der Waals surface area contributed by atoms with Gasteiger partial charge < -0.3 is 9.84 Å². The van der Waals surface area contributed by atoms with Crippen LogP contribution in [0.25, 0.3) is 10.4 Å². The highest BCUT2D eigenvalue weighted by atomic mass is 32.1. The number of phenols is 1. The Hall–Kier alpha value is -1.81. The van der Waals surface area contributed by atoms with Crippen molar-refractivity contribution in [1.82, 2.24) is 4.98 Å². The van der Waals surface area contributed by atoms with Gasteiger partial charge in [-0.3, -0.25) is 4.98 Å². The van der Waals surface area contributed by atoms with Crippen LogP contribution in [0.5, 0.6) is 11.5 Å². The highest BCUT2D eigenvalue weighted by Gasteiger charge is 2.45. The number of thiazole rings is 1. The number of aromatic nitrogens is 1. The van der Waals surface area contributed by atoms with Crippen LogP contribution in [0.1, 0.15) is 76.8 Å². The number of fused-ring (bicyclic) bond motifs is 3. The van der Waals surface area contributed by atoms with Crippen molar-refractivity contribution in [3.63, 3.8) is 0 Å². The van der Waals surface area contributed by atoms with Gasteiger partial charge in [0, 0.05) is 29.2 Å². The van der Waals surface area contributed by atoms with Crippen LogP contribution in [0.15, 0.2) is 29.4 Å². The maximum absolute atomic E-state index is 11.5. The zero-order valence-electron chi connectivity index (χ0n) is 17.4. The summed E-state index contributed by atoms with van der Waals surface area (Å²) in [6.07, 6.45) is 10.9. The lowest BCUT2D eigenvalue weighted by atomic mass is 9.67. The molecular formula is C24H31NO2S. The summed E-state index contributed by atoms with van der Waals surface area (Å²) in [7, 11) is 0. The van der Waals surface area contributed by atoms with Crippen LogP contribution in [0.3, 0.4) is 0 Å². The van der Waals surface area contributed by atoms with Crippen LogP contribution in [0.2, 0.25) is 0 Å². The third kappa shape index (κ3) is 3.36. The molecule has 0 saturated heterocycles. The molecule has 2 aromatic rings. The molecule has 1 aromatic carbocycles. The molecular weight excluding hydrogens is 366 g/mol. The molecule has 3 nitrogen and oxygen atoms in total. The first-order chi connectivity index (χ1) is 13.4. The predicted octanol–water partition coefficient (Wildman–Crippen LogP) is 6.86. The van der Waals surface area contributed by atoms with Gasteiger partial charge in [0.05, 0.1) is 10.4 Å². The number of nitrogens with zero attached hydrogens (tertiary/aromatic N) is 1. The second-order valence-electron chi connectivity index (χ2n) is 8.88. The van der Waals surface area contributed by atoms with Crippen LogP contribution in [-0.2, 0) is 6.42 Å². The van der Waals surface area contributed by atoms with Gasteiger partial charge >= 0.3 is 0 Å². The molecule has 2 heterocycles. The standard InChI is InChI=1S/C24H31NO2S/c1-5-6-7-8-16-12-19-22(23(26)21(16)20-13-25-14-28-20)17-11-15(2)9-10-18(17)24(3,4)27-19/h11-14,17-18,26H,5-10H2,1-4H3/t17?,18-/m1/s1. The highest BCUT2D eigenvalue weighted by molar-refractivity contribution is 7.13. The number of ether oxygens (including phenoxy) is 1. The Bertz CT molecular complexity index is 883. The lowest BCUT2D eigenvalue weighted by molar-refractivity contribution is 0.0108. The van der Waals surface area contributed by atoms with Gasteiger partial charge in [-0.1, -0.05) is 31.4 Å². The molecule has 4 rings (SSSR count). The van der Waals surface area contributed by atoms with E-state index in [1.165, 1.54) is 24.0 Å². The summed E-state index contributed by atoms with van der Waals surface area (Å²) in [5, 5.41) is 11.5. The minimum absolute atomic E-state index is 0.212. The summed E-state index contributed by atoms with van der Waals surface area (Å²) >= 11 is 1.60. The van der Waals surface area contributed by atoms with Crippen molar-refractivity contribution >= 4 is 11.3 Å². The Kier molecular flexibility index (Phi) is 5.26. The average Bonchev–Trinajstić information content (AvgIpc) is 3.15. The molecule has 0 fully saturated rings. The molecule has 1 N–H and O–H groups in total. The highest BCUT2D eigenvalue weighted by Crippen LogP contribution is 2.56. The fourth-order valence-corrected chi connectivity index (χ4v) is 5.69. The topological polar surface area (TPSA) is 42.4 Å². The van der Waals surface area contributed by atoms with E-state index < -0.39 is 0 Å². The largest absolute Gasteiger partial charge is 0.507 e. The average molecular weight is 398 g/mol. The molecule has 0 spiro atoms. The van der Waals surface area contributed by atoms with Crippen molar-refractivity contribution in [3.05, 3.63) is 40.5 Å². The van der Waals surface area contributed by atoms with Gasteiger partial charge in [-0.05, 0) is 58.1 Å². The fourth-order valence-electron chi connectivity index (χ4n) is 4.99. The van der Waals surface area contributed by atoms with Gasteiger partial charge in [0.25, 0.3) is 0 Å². The molecule has 1 aromatic heterocycles. The molecule has 1 aliphatic carbocycles. The Morgan fingerprint density at radius 1 is 1.32 bits per heavy atom. The van der Waals surface area contributed by atoms with Gasteiger partial charge in [0.15, 0.2) is 0 Å². The Morgan fingerprint density at radius 2 is 2.14 bits per heavy atom. The van der Waals surface area contributed by atoms with Crippen molar-refractivity contribution in [2.24, 2.45) is 5.92 Å². The molecule has 1 aliphatic heterocycles. The van der Waals surface area contributed by atoms with E-state index >= 15 is 0 Å². The summed E-state index contributed by atoms with van der Waals surface area (Å²) in [6.45, 7) is 8.83. The van der Waals surface area contributed by atoms with Crippen molar-refractivity contribution in [2.45, 2.75) is 77.7 Å². The first-order valence-corrected chi connectivity index (χ1v) is 11.4. The molecule has 0 bridgehead atoms. The summed E-state index contributed by atoms with van der Waals surface area (Å²) in [6, 6.07) is 2.20. The number of aromatic hydroxyl groups is 1. The number of rotatable bonds is 5. The number of benzene rings is 1. The van der Waals surface area contributed by atoms with E-state index in [1.807, 2.05) is 11.7 Å². The third-order valence-corrected chi connectivity index (χ3v) is 7.25. The molecule has 28 heavy (non-hydrogen) atoms. The summed E-state index contributed by atoms with van der Waals surface area (Å²) in [5.41, 5.74) is 6.16. The molecule has 2 aliphatic rings. The van der Waals surface area contributed by atoms with Crippen molar-refractivity contribution in [3.8, 4) is 21.9 Å². The smallest absolute Gasteiger partial charge is 0.132 e. The third-order valence-electron chi connectivity index (χ3n) is 6.46. The molecule has 0 saturated carbocycles. The number of hydrogen-bond acceptors (Lipinski definition) is 4. The molecule has 150 valence electrons. The normalized spacial score (nSPS) is 22.8. The van der Waals surface area contributed by atoms with Crippen molar-refractivity contribution < 1.29 is 9.84 Å². The minimum atomic E-state index is -0.228. The van der Waals surface area contributed by atoms with Gasteiger partial charge in [-0.15, -0.1) is 11.3 Å². The van der Waals surface area contributed by atoms with Crippen LogP contribution < -0.4 is 4.74 Å². The van der Waals surface area contributed by atoms with Gasteiger partial charge in [-0.2, -0.15) is 0 Å². The number of hydrogen-bond donors (Lipinski definition) is 1. The van der Waals surface area contributed by atoms with Crippen LogP contribution in [0, 0.1) is 5.92 Å². The SMILES string of the molecule is CCCCCc1cc2c(c(O)c1-c1cncs1)C1C=C(C)CC[C@H]1C(C)(C)O2. The fraction of sp³-hybridized carbons (Fsp3) is 0.542. The van der Waals surface area contributed by atoms with E-state index in [2.05, 4.69) is 44.8 Å². The lowest BCUT2D eigenvalue weighted by Gasteiger charge is -2.46. The van der Waals surface area contributed by atoms with E-state index in [4.69, 9.17) is 4.74 Å². The molecule has 4 heteroatoms. The number of allylic oxidation sites excluding steroid dienone is 2. The molecule has 0 radical (unpaired) electrons. The van der Waals surface area contributed by atoms with Crippen molar-refractivity contribution in [2.75, 3.05) is 0 Å². The summed E-state index contributed by atoms with van der Waals surface area (Å²) < 4.78 is 6.52. The zero-order valence-corrected chi connectivity index (χ0v) is 18.2. The minimum Gasteiger partial charge on any atom is -0.507 e. The maximum atomic E-state index is 11.5. The molecule has 1 unspecified atom stereocenters. The van der Waals surface area contributed by atoms with Crippen molar-refractivity contribution in [1.29, 1.82) is 0 Å². The van der Waals surface area contributed by atoms with Crippen LogP contribution in [-0.4, -0.2) is 15.7 Å². The number of phenolic OH excluding ortho intramolecular Hbond substituents is 1. The van der Waals surface area contributed by atoms with Gasteiger partial charge in [0.2, 0.25) is 0 Å². The van der Waals surface area contributed by atoms with E-state index in [9.17, 15) is 5.11 Å². The van der Waals surface area contributed by atoms with E-state index in [0.717, 1.165) is 47.4 Å². The number of aryl methyl sites for hydroxylation is 1. The van der Waals surface area contributed by atoms with Gasteiger partial charge in [0.1, 0.15) is 17.1 Å². The van der Waals surface area contributed by atoms with E-state index in [-0.39, 0.29) is 11.5 Å². The Balaban J connectivity index is 1.89. The second-order valence-corrected chi connectivity index (χ2v) is 9.77. The van der Waals surface area contributed by atoms with Crippen LogP contribution >= 0.6 is 11.3 Å².